The van der Waals surface area contributed by atoms with Crippen molar-refractivity contribution in [3.8, 4) is 0 Å². The zero-order valence-electron chi connectivity index (χ0n) is 7.23. The number of nitrogens with one attached hydrogen (secondary N) is 2. The van der Waals surface area contributed by atoms with Crippen LogP contribution in [0, 0.1) is 0 Å². The van der Waals surface area contributed by atoms with Gasteiger partial charge in [0.2, 0.25) is 0 Å². The Morgan fingerprint density at radius 1 is 1.40 bits per heavy atom. The summed E-state index contributed by atoms with van der Waals surface area (Å²) in [5, 5.41) is 6.11. The molecule has 0 bridgehead atoms. The van der Waals surface area contributed by atoms with E-state index in [1.54, 1.807) is 0 Å². The van der Waals surface area contributed by atoms with E-state index < -0.39 is 0 Å². The van der Waals surface area contributed by atoms with Crippen LogP contribution in [0.3, 0.4) is 0 Å². The molecular formula is C7H17N3. The summed E-state index contributed by atoms with van der Waals surface area (Å²) in [4.78, 5) is 2.05. The Morgan fingerprint density at radius 3 is 2.00 bits per heavy atom. The number of hydrogen-bond acceptors (Lipinski definition) is 3. The Kier molecular flexibility index (Phi) is 4.07. The molecule has 0 aliphatic heterocycles. The zero-order chi connectivity index (χ0) is 8.15. The summed E-state index contributed by atoms with van der Waals surface area (Å²) < 4.78 is 0. The molecule has 0 radical (unpaired) electrons. The molecule has 0 aliphatic rings. The summed E-state index contributed by atoms with van der Waals surface area (Å²) in [7, 11) is 7.79. The third-order valence-corrected chi connectivity index (χ3v) is 1.44. The van der Waals surface area contributed by atoms with Gasteiger partial charge in [-0.3, -0.25) is 10.2 Å². The van der Waals surface area contributed by atoms with Crippen LogP contribution in [-0.4, -0.2) is 39.3 Å². The molecule has 3 heteroatoms. The van der Waals surface area contributed by atoms with Gasteiger partial charge in [-0.1, -0.05) is 6.58 Å². The normalized spacial score (nSPS) is 13.3. The van der Waals surface area contributed by atoms with Crippen molar-refractivity contribution in [2.24, 2.45) is 0 Å². The van der Waals surface area contributed by atoms with Crippen LogP contribution in [-0.2, 0) is 0 Å². The summed E-state index contributed by atoms with van der Waals surface area (Å²) in [6, 6.07) is 0. The molecule has 2 N–H and O–H groups in total. The molecule has 10 heavy (non-hydrogen) atoms. The van der Waals surface area contributed by atoms with Crippen molar-refractivity contribution in [1.82, 2.24) is 15.5 Å². The van der Waals surface area contributed by atoms with Crippen molar-refractivity contribution in [3.63, 3.8) is 0 Å². The molecule has 0 spiro atoms. The molecule has 0 heterocycles. The number of likely N-dealkylation sites (N-methyl/N-ethyl adjacent to an activating group) is 3. The first-order chi connectivity index (χ1) is 4.63. The maximum absolute atomic E-state index is 3.85. The number of nitrogens with zero attached hydrogens (tertiary/aromatic N) is 1. The molecule has 3 nitrogen and oxygen atoms in total. The lowest BCUT2D eigenvalue weighted by atomic mass is 10.3. The molecule has 0 aromatic carbocycles. The Bertz CT molecular complexity index is 109. The molecule has 0 saturated heterocycles. The van der Waals surface area contributed by atoms with Gasteiger partial charge in [0.05, 0.1) is 6.17 Å². The highest BCUT2D eigenvalue weighted by Crippen LogP contribution is 1.95. The van der Waals surface area contributed by atoms with Crippen LogP contribution in [0.15, 0.2) is 12.3 Å². The van der Waals surface area contributed by atoms with Gasteiger partial charge in [0.1, 0.15) is 0 Å². The minimum Gasteiger partial charge on any atom is -0.390 e. The van der Waals surface area contributed by atoms with Crippen LogP contribution in [0.5, 0.6) is 0 Å². The van der Waals surface area contributed by atoms with Gasteiger partial charge in [-0.2, -0.15) is 0 Å². The summed E-state index contributed by atoms with van der Waals surface area (Å²) in [6.07, 6.45) is 0.213. The summed E-state index contributed by atoms with van der Waals surface area (Å²) in [5.74, 6) is 0. The first-order valence-electron chi connectivity index (χ1n) is 3.33. The summed E-state index contributed by atoms with van der Waals surface area (Å²) in [5.41, 5.74) is 0.979. The predicted molar refractivity (Wildman–Crippen MR) is 44.7 cm³/mol. The lowest BCUT2D eigenvalue weighted by molar-refractivity contribution is 0.288. The minimum atomic E-state index is 0.213. The summed E-state index contributed by atoms with van der Waals surface area (Å²) >= 11 is 0. The molecule has 0 aromatic rings. The van der Waals surface area contributed by atoms with Crippen LogP contribution in [0.25, 0.3) is 0 Å². The fourth-order valence-corrected chi connectivity index (χ4v) is 0.881. The molecule has 0 fully saturated rings. The highest BCUT2D eigenvalue weighted by atomic mass is 15.2. The maximum atomic E-state index is 3.85. The van der Waals surface area contributed by atoms with Crippen LogP contribution >= 0.6 is 0 Å². The first-order valence-corrected chi connectivity index (χ1v) is 3.33. The Hall–Kier alpha value is -0.540. The standard InChI is InChI=1S/C7H17N3/c1-6(8-2)7(9-3)10(4)5/h7-9H,1H2,2-5H3/t7-/m0/s1. The number of hydrogen-bond donors (Lipinski definition) is 2. The SMILES string of the molecule is C=C(NC)[C@@H](NC)N(C)C. The van der Waals surface area contributed by atoms with E-state index in [-0.39, 0.29) is 6.17 Å². The van der Waals surface area contributed by atoms with E-state index in [9.17, 15) is 0 Å². The van der Waals surface area contributed by atoms with Crippen LogP contribution in [0.2, 0.25) is 0 Å². The quantitative estimate of drug-likeness (QED) is 0.535. The molecule has 0 amide bonds. The Labute approximate surface area is 63.1 Å². The zero-order valence-corrected chi connectivity index (χ0v) is 7.23. The van der Waals surface area contributed by atoms with Gasteiger partial charge in [-0.25, -0.2) is 0 Å². The lowest BCUT2D eigenvalue weighted by Crippen LogP contribution is -2.43. The van der Waals surface area contributed by atoms with Crippen molar-refractivity contribution in [2.75, 3.05) is 28.2 Å². The Morgan fingerprint density at radius 2 is 1.90 bits per heavy atom. The van der Waals surface area contributed by atoms with Crippen LogP contribution < -0.4 is 10.6 Å². The van der Waals surface area contributed by atoms with Gasteiger partial charge in [-0.05, 0) is 21.1 Å². The average molecular weight is 143 g/mol. The van der Waals surface area contributed by atoms with E-state index in [2.05, 4.69) is 22.1 Å². The van der Waals surface area contributed by atoms with Crippen molar-refractivity contribution < 1.29 is 0 Å². The molecule has 0 aromatic heterocycles. The van der Waals surface area contributed by atoms with Crippen molar-refractivity contribution >= 4 is 0 Å². The molecule has 0 rings (SSSR count). The molecular weight excluding hydrogens is 126 g/mol. The molecule has 60 valence electrons. The second-order valence-corrected chi connectivity index (χ2v) is 2.43. The van der Waals surface area contributed by atoms with E-state index in [4.69, 9.17) is 0 Å². The monoisotopic (exact) mass is 143 g/mol. The second-order valence-electron chi connectivity index (χ2n) is 2.43. The highest BCUT2D eigenvalue weighted by molar-refractivity contribution is 4.99. The predicted octanol–water partition coefficient (Wildman–Crippen LogP) is -0.173. The molecule has 1 atom stereocenters. The van der Waals surface area contributed by atoms with Gasteiger partial charge in [-0.15, -0.1) is 0 Å². The van der Waals surface area contributed by atoms with Gasteiger partial charge in [0.25, 0.3) is 0 Å². The largest absolute Gasteiger partial charge is 0.390 e. The van der Waals surface area contributed by atoms with Gasteiger partial charge in [0.15, 0.2) is 0 Å². The van der Waals surface area contributed by atoms with Gasteiger partial charge in [0, 0.05) is 12.7 Å². The molecule has 0 unspecified atom stereocenters. The average Bonchev–Trinajstić information content (AvgIpc) is 1.88. The number of rotatable bonds is 4. The smallest absolute Gasteiger partial charge is 0.0996 e. The first kappa shape index (κ1) is 9.46. The van der Waals surface area contributed by atoms with Gasteiger partial charge >= 0.3 is 0 Å². The van der Waals surface area contributed by atoms with Crippen molar-refractivity contribution in [2.45, 2.75) is 6.17 Å². The van der Waals surface area contributed by atoms with E-state index >= 15 is 0 Å². The molecule has 0 saturated carbocycles. The minimum absolute atomic E-state index is 0.213. The van der Waals surface area contributed by atoms with E-state index in [1.807, 2.05) is 28.2 Å². The highest BCUT2D eigenvalue weighted by Gasteiger charge is 2.09. The third kappa shape index (κ3) is 2.37. The lowest BCUT2D eigenvalue weighted by Gasteiger charge is -2.25. The molecule has 0 aliphatic carbocycles. The van der Waals surface area contributed by atoms with Crippen LogP contribution in [0.4, 0.5) is 0 Å². The van der Waals surface area contributed by atoms with E-state index in [0.29, 0.717) is 0 Å². The van der Waals surface area contributed by atoms with Crippen molar-refractivity contribution in [3.05, 3.63) is 12.3 Å². The Balaban J connectivity index is 3.93. The fourth-order valence-electron chi connectivity index (χ4n) is 0.881. The van der Waals surface area contributed by atoms with Crippen molar-refractivity contribution in [1.29, 1.82) is 0 Å². The van der Waals surface area contributed by atoms with Gasteiger partial charge < -0.3 is 5.32 Å². The second kappa shape index (κ2) is 4.30. The van der Waals surface area contributed by atoms with E-state index in [1.165, 1.54) is 0 Å². The van der Waals surface area contributed by atoms with Crippen LogP contribution in [0.1, 0.15) is 0 Å². The maximum Gasteiger partial charge on any atom is 0.0996 e. The fraction of sp³-hybridized carbons (Fsp3) is 0.714. The summed E-state index contributed by atoms with van der Waals surface area (Å²) in [6.45, 7) is 3.85. The topological polar surface area (TPSA) is 27.3 Å². The third-order valence-electron chi connectivity index (χ3n) is 1.44. The van der Waals surface area contributed by atoms with E-state index in [0.717, 1.165) is 5.70 Å².